The van der Waals surface area contributed by atoms with Crippen molar-refractivity contribution in [3.05, 3.63) is 29.3 Å². The lowest BCUT2D eigenvalue weighted by molar-refractivity contribution is -0.138. The summed E-state index contributed by atoms with van der Waals surface area (Å²) in [6, 6.07) is 2.77. The van der Waals surface area contributed by atoms with Crippen molar-refractivity contribution < 1.29 is 27.5 Å². The van der Waals surface area contributed by atoms with Crippen LogP contribution < -0.4 is 4.74 Å². The van der Waals surface area contributed by atoms with Crippen LogP contribution in [0.1, 0.15) is 35.2 Å². The molecule has 6 heteroatoms. The quantitative estimate of drug-likeness (QED) is 0.688. The fraction of sp³-hybridized carbons (Fsp3) is 0.429. The minimum absolute atomic E-state index is 0.0644. The van der Waals surface area contributed by atoms with Crippen molar-refractivity contribution in [2.24, 2.45) is 5.92 Å². The number of alkyl halides is 3. The Kier molecular flexibility index (Phi) is 2.84. The van der Waals surface area contributed by atoms with Gasteiger partial charge in [-0.25, -0.2) is 0 Å². The fourth-order valence-corrected chi connectivity index (χ4v) is 2.78. The molecule has 1 fully saturated rings. The van der Waals surface area contributed by atoms with Crippen LogP contribution in [0, 0.1) is 5.92 Å². The maximum absolute atomic E-state index is 12.7. The van der Waals surface area contributed by atoms with Crippen LogP contribution in [0.15, 0.2) is 18.2 Å². The van der Waals surface area contributed by atoms with Crippen LogP contribution in [0.25, 0.3) is 0 Å². The molecule has 106 valence electrons. The number of rotatable bonds is 0. The van der Waals surface area contributed by atoms with Gasteiger partial charge in [0.1, 0.15) is 23.6 Å². The number of halogens is 3. The SMILES string of the molecule is O=C1CCCC2Oc3cc(C(F)(F)F)ccc3C(=O)C12. The summed E-state index contributed by atoms with van der Waals surface area (Å²) >= 11 is 0. The largest absolute Gasteiger partial charge is 0.488 e. The Bertz CT molecular complexity index is 592. The molecule has 0 radical (unpaired) electrons. The van der Waals surface area contributed by atoms with Gasteiger partial charge in [-0.2, -0.15) is 13.2 Å². The van der Waals surface area contributed by atoms with Crippen molar-refractivity contribution in [3.63, 3.8) is 0 Å². The first-order valence-electron chi connectivity index (χ1n) is 6.33. The Morgan fingerprint density at radius 1 is 1.20 bits per heavy atom. The maximum Gasteiger partial charge on any atom is 0.416 e. The highest BCUT2D eigenvalue weighted by atomic mass is 19.4. The van der Waals surface area contributed by atoms with Crippen LogP contribution in [0.2, 0.25) is 0 Å². The van der Waals surface area contributed by atoms with E-state index in [2.05, 4.69) is 0 Å². The van der Waals surface area contributed by atoms with Crippen molar-refractivity contribution in [1.82, 2.24) is 0 Å². The highest BCUT2D eigenvalue weighted by Crippen LogP contribution is 2.39. The van der Waals surface area contributed by atoms with Crippen molar-refractivity contribution in [2.75, 3.05) is 0 Å². The van der Waals surface area contributed by atoms with Gasteiger partial charge in [0, 0.05) is 6.42 Å². The molecule has 1 aliphatic carbocycles. The van der Waals surface area contributed by atoms with E-state index in [0.717, 1.165) is 18.2 Å². The predicted molar refractivity (Wildman–Crippen MR) is 62.5 cm³/mol. The van der Waals surface area contributed by atoms with E-state index in [4.69, 9.17) is 4.74 Å². The van der Waals surface area contributed by atoms with Gasteiger partial charge in [0.15, 0.2) is 5.78 Å². The van der Waals surface area contributed by atoms with Crippen molar-refractivity contribution in [3.8, 4) is 5.75 Å². The smallest absolute Gasteiger partial charge is 0.416 e. The third kappa shape index (κ3) is 1.99. The molecule has 1 aliphatic heterocycles. The third-order valence-corrected chi connectivity index (χ3v) is 3.77. The molecular weight excluding hydrogens is 273 g/mol. The fourth-order valence-electron chi connectivity index (χ4n) is 2.78. The monoisotopic (exact) mass is 284 g/mol. The first kappa shape index (κ1) is 13.1. The van der Waals surface area contributed by atoms with Crippen molar-refractivity contribution in [2.45, 2.75) is 31.5 Å². The summed E-state index contributed by atoms with van der Waals surface area (Å²) in [7, 11) is 0. The Balaban J connectivity index is 2.03. The first-order valence-corrected chi connectivity index (χ1v) is 6.33. The molecule has 0 amide bonds. The normalized spacial score (nSPS) is 25.8. The summed E-state index contributed by atoms with van der Waals surface area (Å²) in [6.45, 7) is 0. The molecular formula is C14H11F3O3. The van der Waals surface area contributed by atoms with Crippen LogP contribution >= 0.6 is 0 Å². The van der Waals surface area contributed by atoms with Gasteiger partial charge < -0.3 is 4.74 Å². The molecule has 20 heavy (non-hydrogen) atoms. The molecule has 0 saturated heterocycles. The minimum Gasteiger partial charge on any atom is -0.488 e. The van der Waals surface area contributed by atoms with Gasteiger partial charge >= 0.3 is 6.18 Å². The Morgan fingerprint density at radius 3 is 2.65 bits per heavy atom. The number of fused-ring (bicyclic) bond motifs is 2. The number of carbonyl (C=O) groups is 2. The molecule has 3 nitrogen and oxygen atoms in total. The summed E-state index contributed by atoms with van der Waals surface area (Å²) in [5.74, 6) is -1.53. The zero-order valence-corrected chi connectivity index (χ0v) is 10.4. The van der Waals surface area contributed by atoms with Crippen molar-refractivity contribution >= 4 is 11.6 Å². The summed E-state index contributed by atoms with van der Waals surface area (Å²) in [6.07, 6.45) is -3.67. The molecule has 2 atom stereocenters. The van der Waals surface area contributed by atoms with E-state index in [9.17, 15) is 22.8 Å². The molecule has 1 saturated carbocycles. The molecule has 1 aromatic rings. The second-order valence-electron chi connectivity index (χ2n) is 5.07. The van der Waals surface area contributed by atoms with Crippen LogP contribution in [-0.2, 0) is 11.0 Å². The summed E-state index contributed by atoms with van der Waals surface area (Å²) < 4.78 is 43.4. The molecule has 1 heterocycles. The standard InChI is InChI=1S/C14H11F3O3/c15-14(16,17)7-4-5-8-11(6-7)20-10-3-1-2-9(18)12(10)13(8)19/h4-6,10,12H,1-3H2. The minimum atomic E-state index is -4.49. The molecule has 2 aliphatic rings. The van der Waals surface area contributed by atoms with E-state index in [1.54, 1.807) is 0 Å². The van der Waals surface area contributed by atoms with Gasteiger partial charge in [0.2, 0.25) is 0 Å². The molecule has 3 rings (SSSR count). The number of ether oxygens (including phenoxy) is 1. The second-order valence-corrected chi connectivity index (χ2v) is 5.07. The van der Waals surface area contributed by atoms with E-state index in [0.29, 0.717) is 19.3 Å². The molecule has 0 spiro atoms. The Labute approximate surface area is 112 Å². The highest BCUT2D eigenvalue weighted by molar-refractivity contribution is 6.13. The zero-order valence-electron chi connectivity index (χ0n) is 10.4. The molecule has 1 aromatic carbocycles. The van der Waals surface area contributed by atoms with E-state index in [1.165, 1.54) is 0 Å². The molecule has 0 bridgehead atoms. The average Bonchev–Trinajstić information content (AvgIpc) is 2.37. The highest BCUT2D eigenvalue weighted by Gasteiger charge is 2.44. The lowest BCUT2D eigenvalue weighted by Crippen LogP contribution is -2.45. The number of carbonyl (C=O) groups excluding carboxylic acids is 2. The Hall–Kier alpha value is -1.85. The van der Waals surface area contributed by atoms with Crippen LogP contribution in [0.4, 0.5) is 13.2 Å². The third-order valence-electron chi connectivity index (χ3n) is 3.77. The van der Waals surface area contributed by atoms with E-state index in [1.807, 2.05) is 0 Å². The van der Waals surface area contributed by atoms with Gasteiger partial charge in [0.25, 0.3) is 0 Å². The zero-order chi connectivity index (χ0) is 14.5. The number of hydrogen-bond acceptors (Lipinski definition) is 3. The topological polar surface area (TPSA) is 43.4 Å². The predicted octanol–water partition coefficient (Wildman–Crippen LogP) is 3.02. The average molecular weight is 284 g/mol. The lowest BCUT2D eigenvalue weighted by Gasteiger charge is -2.34. The van der Waals surface area contributed by atoms with Crippen LogP contribution in [0.5, 0.6) is 5.75 Å². The van der Waals surface area contributed by atoms with E-state index < -0.39 is 29.5 Å². The number of Topliss-reactive ketones (excluding diaryl/α,β-unsaturated/α-hetero) is 2. The second kappa shape index (κ2) is 4.33. The van der Waals surface area contributed by atoms with Gasteiger partial charge in [0.05, 0.1) is 11.1 Å². The number of hydrogen-bond donors (Lipinski definition) is 0. The van der Waals surface area contributed by atoms with Crippen LogP contribution in [-0.4, -0.2) is 17.7 Å². The van der Waals surface area contributed by atoms with Crippen molar-refractivity contribution in [1.29, 1.82) is 0 Å². The van der Waals surface area contributed by atoms with Gasteiger partial charge in [-0.15, -0.1) is 0 Å². The maximum atomic E-state index is 12.7. The van der Waals surface area contributed by atoms with E-state index in [-0.39, 0.29) is 17.1 Å². The van der Waals surface area contributed by atoms with Gasteiger partial charge in [-0.1, -0.05) is 0 Å². The summed E-state index contributed by atoms with van der Waals surface area (Å²) in [5.41, 5.74) is -0.792. The number of benzene rings is 1. The summed E-state index contributed by atoms with van der Waals surface area (Å²) in [5, 5.41) is 0. The lowest BCUT2D eigenvalue weighted by atomic mass is 9.78. The van der Waals surface area contributed by atoms with Gasteiger partial charge in [-0.05, 0) is 31.0 Å². The van der Waals surface area contributed by atoms with Gasteiger partial charge in [-0.3, -0.25) is 9.59 Å². The first-order chi connectivity index (χ1) is 9.38. The molecule has 2 unspecified atom stereocenters. The number of ketones is 2. The molecule has 0 aromatic heterocycles. The summed E-state index contributed by atoms with van der Waals surface area (Å²) in [4.78, 5) is 24.0. The van der Waals surface area contributed by atoms with Crippen LogP contribution in [0.3, 0.4) is 0 Å². The molecule has 0 N–H and O–H groups in total. The van der Waals surface area contributed by atoms with E-state index >= 15 is 0 Å². The Morgan fingerprint density at radius 2 is 1.95 bits per heavy atom.